The molecule has 25 heavy (non-hydrogen) atoms. The molecule has 2 rings (SSSR count). The van der Waals surface area contributed by atoms with Crippen LogP contribution in [0, 0.1) is 0 Å². The third kappa shape index (κ3) is 7.50. The molecule has 142 valence electrons. The molecule has 0 radical (unpaired) electrons. The maximum absolute atomic E-state index is 12.2. The van der Waals surface area contributed by atoms with Gasteiger partial charge in [-0.2, -0.15) is 0 Å². The van der Waals surface area contributed by atoms with E-state index in [-0.39, 0.29) is 24.4 Å². The van der Waals surface area contributed by atoms with Crippen LogP contribution in [0.2, 0.25) is 0 Å². The number of halogens is 1. The molecule has 0 aliphatic carbocycles. The highest BCUT2D eigenvalue weighted by molar-refractivity contribution is 7.93. The van der Waals surface area contributed by atoms with Crippen molar-refractivity contribution in [2.24, 2.45) is 0 Å². The van der Waals surface area contributed by atoms with E-state index in [0.29, 0.717) is 31.1 Å². The Balaban J connectivity index is 0.00000312. The van der Waals surface area contributed by atoms with Crippen molar-refractivity contribution in [3.05, 3.63) is 24.3 Å². The summed E-state index contributed by atoms with van der Waals surface area (Å²) in [7, 11) is -3.73. The Morgan fingerprint density at radius 2 is 1.92 bits per heavy atom. The summed E-state index contributed by atoms with van der Waals surface area (Å²) in [5.74, 6) is -0.246. The first-order chi connectivity index (χ1) is 11.4. The minimum atomic E-state index is -3.73. The molecule has 0 unspecified atom stereocenters. The highest BCUT2D eigenvalue weighted by atomic mass is 35.5. The Labute approximate surface area is 155 Å². The van der Waals surface area contributed by atoms with Crippen LogP contribution in [0.1, 0.15) is 20.3 Å². The zero-order chi connectivity index (χ0) is 17.6. The monoisotopic (exact) mass is 391 g/mol. The van der Waals surface area contributed by atoms with Crippen molar-refractivity contribution in [1.29, 1.82) is 0 Å². The molecular formula is C16H26ClN3O4S. The van der Waals surface area contributed by atoms with Crippen molar-refractivity contribution in [1.82, 2.24) is 10.2 Å². The summed E-state index contributed by atoms with van der Waals surface area (Å²) in [5.41, 5.74) is 0.413. The van der Waals surface area contributed by atoms with Crippen LogP contribution in [0.25, 0.3) is 0 Å². The van der Waals surface area contributed by atoms with Crippen LogP contribution in [0.15, 0.2) is 24.3 Å². The lowest BCUT2D eigenvalue weighted by atomic mass is 10.3. The molecule has 0 bridgehead atoms. The smallest absolute Gasteiger partial charge is 0.241 e. The molecule has 1 aliphatic heterocycles. The van der Waals surface area contributed by atoms with Gasteiger partial charge in [0.25, 0.3) is 0 Å². The second-order valence-corrected chi connectivity index (χ2v) is 7.76. The SMILES string of the molecule is CC(C)Oc1ccc(NS(=O)(=O)CC(=O)N2CCCNCC2)cc1.Cl. The zero-order valence-corrected chi connectivity index (χ0v) is 16.2. The van der Waals surface area contributed by atoms with Crippen LogP contribution >= 0.6 is 12.4 Å². The highest BCUT2D eigenvalue weighted by Gasteiger charge is 2.22. The lowest BCUT2D eigenvalue weighted by molar-refractivity contribution is -0.128. The predicted octanol–water partition coefficient (Wildman–Crippen LogP) is 1.46. The molecule has 1 amide bonds. The number of rotatable bonds is 6. The van der Waals surface area contributed by atoms with Gasteiger partial charge in [0.2, 0.25) is 15.9 Å². The summed E-state index contributed by atoms with van der Waals surface area (Å²) in [4.78, 5) is 13.8. The average Bonchev–Trinajstić information content (AvgIpc) is 2.77. The number of amides is 1. The predicted molar refractivity (Wildman–Crippen MR) is 101 cm³/mol. The summed E-state index contributed by atoms with van der Waals surface area (Å²) >= 11 is 0. The molecule has 0 spiro atoms. The van der Waals surface area contributed by atoms with Crippen molar-refractivity contribution in [2.75, 3.05) is 36.7 Å². The van der Waals surface area contributed by atoms with Gasteiger partial charge in [-0.1, -0.05) is 0 Å². The molecule has 0 atom stereocenters. The van der Waals surface area contributed by atoms with Crippen LogP contribution in [0.3, 0.4) is 0 Å². The van der Waals surface area contributed by atoms with E-state index >= 15 is 0 Å². The van der Waals surface area contributed by atoms with E-state index in [4.69, 9.17) is 4.74 Å². The molecule has 0 saturated carbocycles. The molecule has 9 heteroatoms. The molecule has 2 N–H and O–H groups in total. The van der Waals surface area contributed by atoms with E-state index in [1.807, 2.05) is 13.8 Å². The molecule has 1 fully saturated rings. The van der Waals surface area contributed by atoms with Crippen LogP contribution in [-0.4, -0.2) is 57.3 Å². The number of anilines is 1. The highest BCUT2D eigenvalue weighted by Crippen LogP contribution is 2.18. The quantitative estimate of drug-likeness (QED) is 0.766. The van der Waals surface area contributed by atoms with Gasteiger partial charge in [-0.15, -0.1) is 12.4 Å². The summed E-state index contributed by atoms with van der Waals surface area (Å²) < 4.78 is 32.3. The average molecular weight is 392 g/mol. The maximum Gasteiger partial charge on any atom is 0.241 e. The van der Waals surface area contributed by atoms with E-state index in [0.717, 1.165) is 13.0 Å². The van der Waals surface area contributed by atoms with Crippen molar-refractivity contribution in [3.63, 3.8) is 0 Å². The van der Waals surface area contributed by atoms with Gasteiger partial charge >= 0.3 is 0 Å². The fraction of sp³-hybridized carbons (Fsp3) is 0.562. The number of ether oxygens (including phenoxy) is 1. The first kappa shape index (κ1) is 21.5. The number of hydrogen-bond acceptors (Lipinski definition) is 5. The lowest BCUT2D eigenvalue weighted by Crippen LogP contribution is -2.39. The number of nitrogens with one attached hydrogen (secondary N) is 2. The van der Waals surface area contributed by atoms with E-state index in [1.54, 1.807) is 29.2 Å². The van der Waals surface area contributed by atoms with Crippen LogP contribution in [-0.2, 0) is 14.8 Å². The summed E-state index contributed by atoms with van der Waals surface area (Å²) in [6.07, 6.45) is 0.879. The number of carbonyl (C=O) groups is 1. The first-order valence-corrected chi connectivity index (χ1v) is 9.77. The number of sulfonamides is 1. The second kappa shape index (κ2) is 9.84. The van der Waals surface area contributed by atoms with E-state index in [9.17, 15) is 13.2 Å². The molecule has 1 saturated heterocycles. The Hall–Kier alpha value is -1.51. The number of nitrogens with zero attached hydrogens (tertiary/aromatic N) is 1. The van der Waals surface area contributed by atoms with Crippen LogP contribution in [0.4, 0.5) is 5.69 Å². The summed E-state index contributed by atoms with van der Waals surface area (Å²) in [5, 5.41) is 3.18. The van der Waals surface area contributed by atoms with Crippen molar-refractivity contribution in [2.45, 2.75) is 26.4 Å². The summed E-state index contributed by atoms with van der Waals surface area (Å²) in [6, 6.07) is 6.63. The molecule has 1 heterocycles. The second-order valence-electron chi connectivity index (χ2n) is 6.04. The third-order valence-electron chi connectivity index (χ3n) is 3.51. The number of hydrogen-bond donors (Lipinski definition) is 2. The Kier molecular flexibility index (Phi) is 8.47. The van der Waals surface area contributed by atoms with Crippen molar-refractivity contribution < 1.29 is 17.9 Å². The van der Waals surface area contributed by atoms with Crippen LogP contribution < -0.4 is 14.8 Å². The van der Waals surface area contributed by atoms with Gasteiger partial charge < -0.3 is 15.0 Å². The molecule has 0 aromatic heterocycles. The van der Waals surface area contributed by atoms with Gasteiger partial charge in [0.05, 0.1) is 6.10 Å². The van der Waals surface area contributed by atoms with Crippen molar-refractivity contribution >= 4 is 34.0 Å². The molecule has 1 aliphatic rings. The van der Waals surface area contributed by atoms with E-state index in [2.05, 4.69) is 10.0 Å². The summed E-state index contributed by atoms with van der Waals surface area (Å²) in [6.45, 7) is 6.50. The Morgan fingerprint density at radius 1 is 1.24 bits per heavy atom. The van der Waals surface area contributed by atoms with Gasteiger partial charge in [-0.05, 0) is 51.1 Å². The molecule has 7 nitrogen and oxygen atoms in total. The molecule has 1 aromatic carbocycles. The minimum Gasteiger partial charge on any atom is -0.491 e. The van der Waals surface area contributed by atoms with Gasteiger partial charge in [0.15, 0.2) is 0 Å². The maximum atomic E-state index is 12.2. The van der Waals surface area contributed by atoms with Gasteiger partial charge in [0, 0.05) is 25.3 Å². The largest absolute Gasteiger partial charge is 0.491 e. The molecular weight excluding hydrogens is 366 g/mol. The van der Waals surface area contributed by atoms with Gasteiger partial charge in [0.1, 0.15) is 11.5 Å². The third-order valence-corrected chi connectivity index (χ3v) is 4.68. The van der Waals surface area contributed by atoms with Gasteiger partial charge in [-0.3, -0.25) is 9.52 Å². The van der Waals surface area contributed by atoms with Gasteiger partial charge in [-0.25, -0.2) is 8.42 Å². The zero-order valence-electron chi connectivity index (χ0n) is 14.5. The lowest BCUT2D eigenvalue weighted by Gasteiger charge is -2.20. The Morgan fingerprint density at radius 3 is 2.56 bits per heavy atom. The molecule has 1 aromatic rings. The normalized spacial score (nSPS) is 15.2. The first-order valence-electron chi connectivity index (χ1n) is 8.11. The number of benzene rings is 1. The van der Waals surface area contributed by atoms with E-state index in [1.165, 1.54) is 0 Å². The van der Waals surface area contributed by atoms with Crippen molar-refractivity contribution in [3.8, 4) is 5.75 Å². The topological polar surface area (TPSA) is 87.7 Å². The fourth-order valence-electron chi connectivity index (χ4n) is 2.44. The fourth-order valence-corrected chi connectivity index (χ4v) is 3.51. The van der Waals surface area contributed by atoms with E-state index < -0.39 is 15.8 Å². The van der Waals surface area contributed by atoms with Crippen LogP contribution in [0.5, 0.6) is 5.75 Å². The minimum absolute atomic E-state index is 0. The Bertz CT molecular complexity index is 642. The number of carbonyl (C=O) groups excluding carboxylic acids is 1. The standard InChI is InChI=1S/C16H25N3O4S.ClH/c1-13(2)23-15-6-4-14(5-7-15)18-24(21,22)12-16(20)19-10-3-8-17-9-11-19;/h4-7,13,17-18H,3,8-12H2,1-2H3;1H.